The van der Waals surface area contributed by atoms with Crippen LogP contribution in [0.1, 0.15) is 54.4 Å². The first-order valence-corrected chi connectivity index (χ1v) is 9.36. The van der Waals surface area contributed by atoms with Gasteiger partial charge < -0.3 is 4.74 Å². The Morgan fingerprint density at radius 1 is 1.24 bits per heavy atom. The maximum atomic E-state index is 12.6. The Hall–Kier alpha value is -0.440. The van der Waals surface area contributed by atoms with Gasteiger partial charge in [0.05, 0.1) is 5.92 Å². The van der Waals surface area contributed by atoms with Crippen LogP contribution < -0.4 is 0 Å². The molecule has 0 heterocycles. The summed E-state index contributed by atoms with van der Waals surface area (Å²) in [4.78, 5) is 12.6. The number of hydrogen-bond acceptors (Lipinski definition) is 3. The van der Waals surface area contributed by atoms with Gasteiger partial charge in [0.15, 0.2) is 0 Å². The number of allylic oxidation sites excluding steroid dienone is 2. The predicted molar refractivity (Wildman–Crippen MR) is 92.5 cm³/mol. The van der Waals surface area contributed by atoms with Crippen molar-refractivity contribution in [3.63, 3.8) is 0 Å². The zero-order valence-corrected chi connectivity index (χ0v) is 15.5. The van der Waals surface area contributed by atoms with Gasteiger partial charge in [-0.15, -0.1) is 0 Å². The monoisotopic (exact) mass is 312 g/mol. The highest BCUT2D eigenvalue weighted by Gasteiger charge is 2.36. The van der Waals surface area contributed by atoms with E-state index in [9.17, 15) is 4.79 Å². The molecule has 0 amide bonds. The number of ether oxygens (including phenoxy) is 1. The summed E-state index contributed by atoms with van der Waals surface area (Å²) in [6, 6.07) is 0. The highest BCUT2D eigenvalue weighted by molar-refractivity contribution is 7.98. The molecule has 0 radical (unpaired) electrons. The minimum atomic E-state index is -0.402. The Balaban J connectivity index is 2.66. The molecular formula is C18H32O2S. The summed E-state index contributed by atoms with van der Waals surface area (Å²) in [5.74, 6) is 1.81. The molecule has 1 rings (SSSR count). The van der Waals surface area contributed by atoms with Crippen molar-refractivity contribution < 1.29 is 9.53 Å². The summed E-state index contributed by atoms with van der Waals surface area (Å²) < 4.78 is 5.90. The molecule has 3 atom stereocenters. The van der Waals surface area contributed by atoms with Crippen molar-refractivity contribution in [2.45, 2.75) is 60.0 Å². The third-order valence-electron chi connectivity index (χ3n) is 4.12. The summed E-state index contributed by atoms with van der Waals surface area (Å²) in [7, 11) is 0. The van der Waals surface area contributed by atoms with Crippen molar-refractivity contribution in [2.24, 2.45) is 23.2 Å². The second-order valence-corrected chi connectivity index (χ2v) is 8.88. The van der Waals surface area contributed by atoms with E-state index in [2.05, 4.69) is 46.1 Å². The molecule has 0 bridgehead atoms. The third-order valence-corrected chi connectivity index (χ3v) is 5.19. The van der Waals surface area contributed by atoms with Gasteiger partial charge in [-0.2, -0.15) is 11.8 Å². The quantitative estimate of drug-likeness (QED) is 0.513. The minimum absolute atomic E-state index is 0.00735. The SMILES string of the molecule is CSCC(C)(C)CC(C)(C)OC(=O)C1CC(C)C=CC1C. The Labute approximate surface area is 135 Å². The van der Waals surface area contributed by atoms with Crippen LogP contribution in [0.5, 0.6) is 0 Å². The van der Waals surface area contributed by atoms with Gasteiger partial charge in [-0.1, -0.05) is 39.8 Å². The molecule has 0 fully saturated rings. The van der Waals surface area contributed by atoms with E-state index in [0.717, 1.165) is 18.6 Å². The predicted octanol–water partition coefficient (Wildman–Crippen LogP) is 4.94. The molecular weight excluding hydrogens is 280 g/mol. The van der Waals surface area contributed by atoms with Gasteiger partial charge in [-0.25, -0.2) is 0 Å². The maximum absolute atomic E-state index is 12.6. The Morgan fingerprint density at radius 3 is 2.43 bits per heavy atom. The van der Waals surface area contributed by atoms with Gasteiger partial charge >= 0.3 is 5.97 Å². The number of carbonyl (C=O) groups excluding carboxylic acids is 1. The number of thioether (sulfide) groups is 1. The number of carbonyl (C=O) groups is 1. The lowest BCUT2D eigenvalue weighted by atomic mass is 9.80. The summed E-state index contributed by atoms with van der Waals surface area (Å²) in [5, 5.41) is 0. The maximum Gasteiger partial charge on any atom is 0.310 e. The van der Waals surface area contributed by atoms with Gasteiger partial charge in [-0.05, 0) is 55.9 Å². The van der Waals surface area contributed by atoms with Crippen LogP contribution in [0.15, 0.2) is 12.2 Å². The van der Waals surface area contributed by atoms with E-state index >= 15 is 0 Å². The van der Waals surface area contributed by atoms with Gasteiger partial charge in [-0.3, -0.25) is 4.79 Å². The molecule has 122 valence electrons. The van der Waals surface area contributed by atoms with Gasteiger partial charge in [0.2, 0.25) is 0 Å². The van der Waals surface area contributed by atoms with E-state index in [-0.39, 0.29) is 23.2 Å². The molecule has 3 unspecified atom stereocenters. The van der Waals surface area contributed by atoms with Crippen LogP contribution in [-0.2, 0) is 9.53 Å². The lowest BCUT2D eigenvalue weighted by Gasteiger charge is -2.36. The van der Waals surface area contributed by atoms with Crippen LogP contribution in [0.2, 0.25) is 0 Å². The van der Waals surface area contributed by atoms with E-state index in [0.29, 0.717) is 5.92 Å². The summed E-state index contributed by atoms with van der Waals surface area (Å²) in [5.41, 5.74) is -0.227. The molecule has 1 aliphatic carbocycles. The van der Waals surface area contributed by atoms with E-state index < -0.39 is 5.60 Å². The van der Waals surface area contributed by atoms with Gasteiger partial charge in [0.25, 0.3) is 0 Å². The van der Waals surface area contributed by atoms with Crippen molar-refractivity contribution in [3.05, 3.63) is 12.2 Å². The molecule has 0 spiro atoms. The van der Waals surface area contributed by atoms with Crippen LogP contribution in [0.25, 0.3) is 0 Å². The number of hydrogen-bond donors (Lipinski definition) is 0. The van der Waals surface area contributed by atoms with Crippen molar-refractivity contribution >= 4 is 17.7 Å². The summed E-state index contributed by atoms with van der Waals surface area (Å²) in [6.45, 7) is 12.8. The molecule has 0 N–H and O–H groups in total. The first kappa shape index (κ1) is 18.6. The molecule has 2 nitrogen and oxygen atoms in total. The zero-order chi connectivity index (χ0) is 16.3. The van der Waals surface area contributed by atoms with Crippen molar-refractivity contribution in [1.82, 2.24) is 0 Å². The average Bonchev–Trinajstić information content (AvgIpc) is 2.29. The Bertz CT molecular complexity index is 385. The second kappa shape index (κ2) is 7.21. The lowest BCUT2D eigenvalue weighted by Crippen LogP contribution is -2.38. The Kier molecular flexibility index (Phi) is 6.39. The van der Waals surface area contributed by atoms with Crippen molar-refractivity contribution in [2.75, 3.05) is 12.0 Å². The highest BCUT2D eigenvalue weighted by Crippen LogP contribution is 2.35. The number of rotatable bonds is 6. The summed E-state index contributed by atoms with van der Waals surface area (Å²) >= 11 is 1.85. The third kappa shape index (κ3) is 6.06. The molecule has 1 aliphatic rings. The molecule has 3 heteroatoms. The average molecular weight is 313 g/mol. The molecule has 0 saturated carbocycles. The van der Waals surface area contributed by atoms with E-state index in [1.807, 2.05) is 25.6 Å². The normalized spacial score (nSPS) is 26.7. The van der Waals surface area contributed by atoms with Crippen LogP contribution in [-0.4, -0.2) is 23.6 Å². The highest BCUT2D eigenvalue weighted by atomic mass is 32.2. The van der Waals surface area contributed by atoms with Crippen LogP contribution in [0.3, 0.4) is 0 Å². The first-order chi connectivity index (χ1) is 9.56. The second-order valence-electron chi connectivity index (χ2n) is 8.02. The van der Waals surface area contributed by atoms with Crippen LogP contribution in [0.4, 0.5) is 0 Å². The fourth-order valence-corrected chi connectivity index (χ4v) is 4.37. The minimum Gasteiger partial charge on any atom is -0.459 e. The topological polar surface area (TPSA) is 26.3 Å². The van der Waals surface area contributed by atoms with Gasteiger partial charge in [0, 0.05) is 0 Å². The molecule has 0 aromatic rings. The fraction of sp³-hybridized carbons (Fsp3) is 0.833. The smallest absolute Gasteiger partial charge is 0.310 e. The van der Waals surface area contributed by atoms with Gasteiger partial charge in [0.1, 0.15) is 5.60 Å². The molecule has 0 aromatic heterocycles. The van der Waals surface area contributed by atoms with Crippen LogP contribution in [0, 0.1) is 23.2 Å². The van der Waals surface area contributed by atoms with Crippen LogP contribution >= 0.6 is 11.8 Å². The largest absolute Gasteiger partial charge is 0.459 e. The fourth-order valence-electron chi connectivity index (χ4n) is 3.48. The standard InChI is InChI=1S/C18H32O2S/c1-13-8-9-14(2)15(10-13)16(19)20-18(5,6)11-17(3,4)12-21-7/h8-9,13-15H,10-12H2,1-7H3. The zero-order valence-electron chi connectivity index (χ0n) is 14.7. The van der Waals surface area contributed by atoms with E-state index in [4.69, 9.17) is 4.74 Å². The van der Waals surface area contributed by atoms with E-state index in [1.54, 1.807) is 0 Å². The summed E-state index contributed by atoms with van der Waals surface area (Å²) in [6.07, 6.45) is 8.28. The molecule has 0 aliphatic heterocycles. The van der Waals surface area contributed by atoms with E-state index in [1.165, 1.54) is 0 Å². The Morgan fingerprint density at radius 2 is 1.86 bits per heavy atom. The van der Waals surface area contributed by atoms with Crippen molar-refractivity contribution in [1.29, 1.82) is 0 Å². The van der Waals surface area contributed by atoms with Crippen molar-refractivity contribution in [3.8, 4) is 0 Å². The lowest BCUT2D eigenvalue weighted by molar-refractivity contribution is -0.166. The molecule has 0 aromatic carbocycles. The number of esters is 1. The molecule has 21 heavy (non-hydrogen) atoms. The first-order valence-electron chi connectivity index (χ1n) is 7.96. The molecule has 0 saturated heterocycles.